The summed E-state index contributed by atoms with van der Waals surface area (Å²) in [5, 5.41) is 13.6. The molecular formula is C38H36N8S2. The Morgan fingerprint density at radius 1 is 0.667 bits per heavy atom. The van der Waals surface area contributed by atoms with Crippen molar-refractivity contribution in [3.63, 3.8) is 0 Å². The third-order valence-electron chi connectivity index (χ3n) is 7.95. The van der Waals surface area contributed by atoms with Gasteiger partial charge in [0.2, 0.25) is 0 Å². The number of nitriles is 1. The molecule has 4 bridgehead atoms. The van der Waals surface area contributed by atoms with Gasteiger partial charge in [0.05, 0.1) is 81.6 Å². The zero-order chi connectivity index (χ0) is 33.9. The Bertz CT molecular complexity index is 1970. The molecular weight excluding hydrogens is 633 g/mol. The van der Waals surface area contributed by atoms with Gasteiger partial charge in [-0.1, -0.05) is 36.4 Å². The highest BCUT2D eigenvalue weighted by Crippen LogP contribution is 2.19. The van der Waals surface area contributed by atoms with Crippen LogP contribution in [-0.4, -0.2) is 63.1 Å². The Balaban J connectivity index is 1.52. The van der Waals surface area contributed by atoms with Gasteiger partial charge >= 0.3 is 0 Å². The molecule has 0 N–H and O–H groups in total. The van der Waals surface area contributed by atoms with E-state index in [-0.39, 0.29) is 12.1 Å². The Morgan fingerprint density at radius 3 is 1.54 bits per heavy atom. The zero-order valence-corrected chi connectivity index (χ0v) is 29.1. The van der Waals surface area contributed by atoms with Crippen LogP contribution in [0.2, 0.25) is 0 Å². The molecule has 10 heteroatoms. The van der Waals surface area contributed by atoms with Gasteiger partial charge in [-0.15, -0.1) is 0 Å². The van der Waals surface area contributed by atoms with Gasteiger partial charge in [0.25, 0.3) is 0 Å². The maximum absolute atomic E-state index is 9.03. The fraction of sp³-hybridized carbons (Fsp3) is 0.263. The number of aliphatic imine (C=N–C) groups is 5. The number of fused-ring (bicyclic) bond motifs is 4. The number of hydrogen-bond acceptors (Lipinski definition) is 10. The van der Waals surface area contributed by atoms with Crippen LogP contribution in [0.3, 0.4) is 0 Å². The van der Waals surface area contributed by atoms with Crippen LogP contribution in [0.4, 0.5) is 5.69 Å². The van der Waals surface area contributed by atoms with Gasteiger partial charge in [-0.05, 0) is 124 Å². The first kappa shape index (κ1) is 34.4. The first-order valence-corrected chi connectivity index (χ1v) is 16.9. The van der Waals surface area contributed by atoms with Crippen LogP contribution >= 0.6 is 24.0 Å². The molecule has 48 heavy (non-hydrogen) atoms. The average molecular weight is 669 g/mol. The summed E-state index contributed by atoms with van der Waals surface area (Å²) in [6.45, 7) is 8.93. The second-order valence-corrected chi connectivity index (χ2v) is 12.6. The molecule has 240 valence electrons. The molecule has 0 fully saturated rings. The van der Waals surface area contributed by atoms with Crippen molar-refractivity contribution in [2.45, 2.75) is 57.5 Å². The summed E-state index contributed by atoms with van der Waals surface area (Å²) < 4.78 is 0. The van der Waals surface area contributed by atoms with Crippen molar-refractivity contribution in [3.05, 3.63) is 119 Å². The molecule has 3 heterocycles. The van der Waals surface area contributed by atoms with Gasteiger partial charge in [0, 0.05) is 4.90 Å². The van der Waals surface area contributed by atoms with Crippen molar-refractivity contribution in [1.82, 2.24) is 9.97 Å². The second-order valence-electron chi connectivity index (χ2n) is 11.5. The molecule has 4 aromatic rings. The minimum absolute atomic E-state index is 0.126. The molecule has 2 aromatic heterocycles. The maximum atomic E-state index is 9.03. The van der Waals surface area contributed by atoms with Crippen LogP contribution in [0.15, 0.2) is 115 Å². The first-order chi connectivity index (χ1) is 23.3. The fourth-order valence-electron chi connectivity index (χ4n) is 5.35. The summed E-state index contributed by atoms with van der Waals surface area (Å²) in [6, 6.07) is 27.7. The van der Waals surface area contributed by atoms with Gasteiger partial charge in [-0.2, -0.15) is 10.3 Å². The topological polar surface area (TPSA) is 111 Å². The number of benzene rings is 2. The van der Waals surface area contributed by atoms with E-state index < -0.39 is 0 Å². The highest BCUT2D eigenvalue weighted by Gasteiger charge is 2.15. The number of aromatic nitrogens is 2. The van der Waals surface area contributed by atoms with E-state index in [1.807, 2.05) is 100 Å². The van der Waals surface area contributed by atoms with Crippen molar-refractivity contribution in [2.75, 3.05) is 13.1 Å². The summed E-state index contributed by atoms with van der Waals surface area (Å²) in [4.78, 5) is 35.1. The number of pyridine rings is 2. The molecule has 0 spiro atoms. The van der Waals surface area contributed by atoms with Gasteiger partial charge in [-0.3, -0.25) is 20.0 Å². The molecule has 1 aliphatic heterocycles. The monoisotopic (exact) mass is 668 g/mol. The SMILES string of the molecule is CC1=NC[C@H](Cc2ccc(SC#N)cc2)N=C(C)c2cccc(n2)C(C)=NC[C@H](Cc2ccc(N=C=S)cc2)N=C(C)c2cccc1n2. The lowest BCUT2D eigenvalue weighted by atomic mass is 10.1. The smallest absolute Gasteiger partial charge is 0.138 e. The highest BCUT2D eigenvalue weighted by molar-refractivity contribution is 8.03. The van der Waals surface area contributed by atoms with Crippen LogP contribution < -0.4 is 0 Å². The summed E-state index contributed by atoms with van der Waals surface area (Å²) in [7, 11) is 0. The minimum Gasteiger partial charge on any atom is -0.286 e. The molecule has 0 unspecified atom stereocenters. The molecule has 0 radical (unpaired) electrons. The molecule has 0 aliphatic carbocycles. The van der Waals surface area contributed by atoms with Crippen LogP contribution in [0.1, 0.15) is 61.6 Å². The van der Waals surface area contributed by atoms with Gasteiger partial charge in [-0.25, -0.2) is 9.97 Å². The molecule has 0 saturated heterocycles. The molecule has 2 aromatic carbocycles. The van der Waals surface area contributed by atoms with Gasteiger partial charge < -0.3 is 0 Å². The number of rotatable bonds is 6. The van der Waals surface area contributed by atoms with Crippen molar-refractivity contribution < 1.29 is 0 Å². The molecule has 8 nitrogen and oxygen atoms in total. The summed E-state index contributed by atoms with van der Waals surface area (Å²) in [5.74, 6) is 0. The van der Waals surface area contributed by atoms with E-state index in [0.29, 0.717) is 25.9 Å². The Morgan fingerprint density at radius 2 is 1.10 bits per heavy atom. The van der Waals surface area contributed by atoms with Crippen molar-refractivity contribution in [3.8, 4) is 5.40 Å². The molecule has 0 saturated carbocycles. The predicted octanol–water partition coefficient (Wildman–Crippen LogP) is 7.96. The lowest BCUT2D eigenvalue weighted by molar-refractivity contribution is 0.680. The third kappa shape index (κ3) is 9.55. The molecule has 1 aliphatic rings. The van der Waals surface area contributed by atoms with Gasteiger partial charge in [0.1, 0.15) is 5.40 Å². The molecule has 0 amide bonds. The van der Waals surface area contributed by atoms with E-state index >= 15 is 0 Å². The van der Waals surface area contributed by atoms with Gasteiger partial charge in [0.15, 0.2) is 0 Å². The minimum atomic E-state index is -0.129. The predicted molar refractivity (Wildman–Crippen MR) is 201 cm³/mol. The molecule has 2 atom stereocenters. The fourth-order valence-corrected chi connectivity index (χ4v) is 5.84. The maximum Gasteiger partial charge on any atom is 0.138 e. The van der Waals surface area contributed by atoms with Crippen LogP contribution in [-0.2, 0) is 12.8 Å². The Labute approximate surface area is 291 Å². The quantitative estimate of drug-likeness (QED) is 0.0896. The average Bonchev–Trinajstić information content (AvgIpc) is 3.10. The van der Waals surface area contributed by atoms with Crippen molar-refractivity contribution in [1.29, 1.82) is 5.26 Å². The highest BCUT2D eigenvalue weighted by atomic mass is 32.2. The lowest BCUT2D eigenvalue weighted by Gasteiger charge is -2.15. The van der Waals surface area contributed by atoms with Crippen LogP contribution in [0.25, 0.3) is 0 Å². The summed E-state index contributed by atoms with van der Waals surface area (Å²) >= 11 is 5.91. The first-order valence-electron chi connectivity index (χ1n) is 15.7. The van der Waals surface area contributed by atoms with Crippen molar-refractivity contribution >= 4 is 57.7 Å². The number of thioether (sulfide) groups is 1. The number of isothiocyanates is 1. The van der Waals surface area contributed by atoms with E-state index in [4.69, 9.17) is 47.4 Å². The Hall–Kier alpha value is -4.94. The number of thiocyanates is 1. The molecule has 5 rings (SSSR count). The summed E-state index contributed by atoms with van der Waals surface area (Å²) in [5.41, 5.74) is 9.56. The third-order valence-corrected chi connectivity index (χ3v) is 8.64. The number of thiocarbonyl (C=S) groups is 1. The number of hydrogen-bond donors (Lipinski definition) is 0. The van der Waals surface area contributed by atoms with E-state index in [1.54, 1.807) is 0 Å². The van der Waals surface area contributed by atoms with Crippen molar-refractivity contribution in [2.24, 2.45) is 25.0 Å². The summed E-state index contributed by atoms with van der Waals surface area (Å²) in [6.07, 6.45) is 1.38. The van der Waals surface area contributed by atoms with E-state index in [2.05, 4.69) is 27.7 Å². The van der Waals surface area contributed by atoms with E-state index in [9.17, 15) is 0 Å². The standard InChI is InChI=1S/C38H36N8S2/c1-25-35-7-6-10-38(46-35)28(4)44-33(20-30-13-17-34(18-14-30)48-23-39)22-41-26(2)36-8-5-9-37(45-36)27(3)43-32(21-40-25)19-29-11-15-31(16-12-29)42-24-47/h5-18,32-33H,19-22H2,1-4H3/t32-,33-/m0/s1. The van der Waals surface area contributed by atoms with E-state index in [0.717, 1.165) is 79.1 Å². The number of nitrogens with zero attached hydrogens (tertiary/aromatic N) is 8. The van der Waals surface area contributed by atoms with Crippen LogP contribution in [0, 0.1) is 10.7 Å². The largest absolute Gasteiger partial charge is 0.286 e. The van der Waals surface area contributed by atoms with Crippen LogP contribution in [0.5, 0.6) is 0 Å². The Kier molecular flexibility index (Phi) is 12.0. The zero-order valence-electron chi connectivity index (χ0n) is 27.5. The lowest BCUT2D eigenvalue weighted by Crippen LogP contribution is -2.19. The van der Waals surface area contributed by atoms with E-state index in [1.165, 1.54) is 0 Å². The second kappa shape index (κ2) is 16.8. The normalized spacial score (nSPS) is 16.9.